The van der Waals surface area contributed by atoms with Crippen LogP contribution in [0.25, 0.3) is 0 Å². The number of ether oxygens (including phenoxy) is 1. The maximum Gasteiger partial charge on any atom is 0.251 e. The maximum absolute atomic E-state index is 12.9. The van der Waals surface area contributed by atoms with E-state index in [9.17, 15) is 13.2 Å². The first kappa shape index (κ1) is 22.3. The van der Waals surface area contributed by atoms with Crippen molar-refractivity contribution >= 4 is 15.9 Å². The van der Waals surface area contributed by atoms with Crippen LogP contribution < -0.4 is 10.1 Å². The molecule has 0 spiro atoms. The Balaban J connectivity index is 1.64. The van der Waals surface area contributed by atoms with Gasteiger partial charge in [-0.2, -0.15) is 4.31 Å². The molecule has 162 valence electrons. The van der Waals surface area contributed by atoms with Crippen LogP contribution >= 0.6 is 0 Å². The van der Waals surface area contributed by atoms with Crippen LogP contribution in [0.5, 0.6) is 5.75 Å². The van der Waals surface area contributed by atoms with E-state index in [2.05, 4.69) is 12.2 Å². The number of nitrogens with one attached hydrogen (secondary N) is 1. The number of nitrogens with zero attached hydrogens (tertiary/aromatic N) is 1. The molecule has 1 amide bonds. The second kappa shape index (κ2) is 9.62. The second-order valence-corrected chi connectivity index (χ2v) is 10.0. The summed E-state index contributed by atoms with van der Waals surface area (Å²) in [7, 11) is -3.58. The lowest BCUT2D eigenvalue weighted by molar-refractivity contribution is 0.0950. The van der Waals surface area contributed by atoms with Crippen molar-refractivity contribution in [2.24, 2.45) is 5.92 Å². The summed E-state index contributed by atoms with van der Waals surface area (Å²) in [6.07, 6.45) is 1.83. The van der Waals surface area contributed by atoms with E-state index >= 15 is 0 Å². The van der Waals surface area contributed by atoms with Gasteiger partial charge < -0.3 is 10.1 Å². The Morgan fingerprint density at radius 2 is 1.80 bits per heavy atom. The molecule has 1 aliphatic heterocycles. The van der Waals surface area contributed by atoms with Gasteiger partial charge in [0.2, 0.25) is 10.0 Å². The quantitative estimate of drug-likeness (QED) is 0.724. The Morgan fingerprint density at radius 1 is 1.13 bits per heavy atom. The predicted octanol–water partition coefficient (Wildman–Crippen LogP) is 3.82. The number of hydrogen-bond donors (Lipinski definition) is 1. The van der Waals surface area contributed by atoms with Crippen LogP contribution in [0.4, 0.5) is 0 Å². The highest BCUT2D eigenvalue weighted by Gasteiger charge is 2.28. The molecule has 2 aromatic rings. The third-order valence-corrected chi connectivity index (χ3v) is 7.12. The molecule has 30 heavy (non-hydrogen) atoms. The minimum atomic E-state index is -3.58. The molecule has 0 saturated carbocycles. The molecule has 0 aliphatic carbocycles. The largest absolute Gasteiger partial charge is 0.491 e. The molecule has 1 fully saturated rings. The van der Waals surface area contributed by atoms with Crippen LogP contribution in [-0.4, -0.2) is 37.8 Å². The summed E-state index contributed by atoms with van der Waals surface area (Å²) in [5.74, 6) is 1.02. The van der Waals surface area contributed by atoms with E-state index in [0.717, 1.165) is 24.2 Å². The first-order valence-corrected chi connectivity index (χ1v) is 11.8. The zero-order chi connectivity index (χ0) is 21.7. The number of piperidine rings is 1. The Morgan fingerprint density at radius 3 is 2.43 bits per heavy atom. The predicted molar refractivity (Wildman–Crippen MR) is 117 cm³/mol. The average molecular weight is 431 g/mol. The third-order valence-electron chi connectivity index (χ3n) is 5.22. The SMILES string of the molecule is CC1CCN(S(=O)(=O)c2cccc(C(=O)NCc3ccc(OC(C)C)cc3)c2)CC1. The van der Waals surface area contributed by atoms with Gasteiger partial charge in [0.25, 0.3) is 5.91 Å². The van der Waals surface area contributed by atoms with Gasteiger partial charge in [-0.15, -0.1) is 0 Å². The summed E-state index contributed by atoms with van der Waals surface area (Å²) in [6, 6.07) is 13.8. The summed E-state index contributed by atoms with van der Waals surface area (Å²) in [6.45, 7) is 7.47. The Hall–Kier alpha value is -2.38. The number of amides is 1. The number of rotatable bonds is 7. The first-order valence-electron chi connectivity index (χ1n) is 10.4. The van der Waals surface area contributed by atoms with Gasteiger partial charge in [-0.3, -0.25) is 4.79 Å². The van der Waals surface area contributed by atoms with Crippen molar-refractivity contribution in [2.45, 2.75) is 51.2 Å². The van der Waals surface area contributed by atoms with Gasteiger partial charge in [0.05, 0.1) is 11.0 Å². The molecule has 1 N–H and O–H groups in total. The summed E-state index contributed by atoms with van der Waals surface area (Å²) in [5.41, 5.74) is 1.27. The Kier molecular flexibility index (Phi) is 7.15. The van der Waals surface area contributed by atoms with Crippen LogP contribution in [-0.2, 0) is 16.6 Å². The van der Waals surface area contributed by atoms with Crippen LogP contribution in [0, 0.1) is 5.92 Å². The summed E-state index contributed by atoms with van der Waals surface area (Å²) in [4.78, 5) is 12.8. The average Bonchev–Trinajstić information content (AvgIpc) is 2.73. The van der Waals surface area contributed by atoms with Gasteiger partial charge in [0, 0.05) is 25.2 Å². The van der Waals surface area contributed by atoms with E-state index in [1.807, 2.05) is 38.1 Å². The molecule has 1 aliphatic rings. The van der Waals surface area contributed by atoms with Crippen molar-refractivity contribution < 1.29 is 17.9 Å². The lowest BCUT2D eigenvalue weighted by Gasteiger charge is -2.29. The third kappa shape index (κ3) is 5.61. The van der Waals surface area contributed by atoms with Gasteiger partial charge in [0.1, 0.15) is 5.75 Å². The normalized spacial score (nSPS) is 15.9. The molecule has 0 radical (unpaired) electrons. The summed E-state index contributed by atoms with van der Waals surface area (Å²) >= 11 is 0. The van der Waals surface area contributed by atoms with Gasteiger partial charge >= 0.3 is 0 Å². The van der Waals surface area contributed by atoms with Crippen molar-refractivity contribution in [3.63, 3.8) is 0 Å². The molecule has 7 heteroatoms. The smallest absolute Gasteiger partial charge is 0.251 e. The molecule has 0 atom stereocenters. The van der Waals surface area contributed by atoms with Crippen molar-refractivity contribution in [3.8, 4) is 5.75 Å². The number of benzene rings is 2. The van der Waals surface area contributed by atoms with E-state index in [1.165, 1.54) is 10.4 Å². The highest BCUT2D eigenvalue weighted by atomic mass is 32.2. The van der Waals surface area contributed by atoms with Crippen molar-refractivity contribution in [3.05, 3.63) is 59.7 Å². The lowest BCUT2D eigenvalue weighted by Crippen LogP contribution is -2.38. The number of carbonyl (C=O) groups is 1. The van der Waals surface area contributed by atoms with E-state index in [4.69, 9.17) is 4.74 Å². The molecular weight excluding hydrogens is 400 g/mol. The fourth-order valence-corrected chi connectivity index (χ4v) is 4.93. The van der Waals surface area contributed by atoms with Gasteiger partial charge in [-0.1, -0.05) is 25.1 Å². The monoisotopic (exact) mass is 430 g/mol. The maximum atomic E-state index is 12.9. The first-order chi connectivity index (χ1) is 14.3. The topological polar surface area (TPSA) is 75.7 Å². The van der Waals surface area contributed by atoms with Gasteiger partial charge in [-0.25, -0.2) is 8.42 Å². The number of hydrogen-bond acceptors (Lipinski definition) is 4. The summed E-state index contributed by atoms with van der Waals surface area (Å²) in [5, 5.41) is 2.85. The number of carbonyl (C=O) groups excluding carboxylic acids is 1. The molecular formula is C23H30N2O4S. The lowest BCUT2D eigenvalue weighted by atomic mass is 10.0. The van der Waals surface area contributed by atoms with Crippen molar-refractivity contribution in [2.75, 3.05) is 13.1 Å². The van der Waals surface area contributed by atoms with Crippen LogP contribution in [0.3, 0.4) is 0 Å². The zero-order valence-corrected chi connectivity index (χ0v) is 18.6. The van der Waals surface area contributed by atoms with Crippen molar-refractivity contribution in [1.29, 1.82) is 0 Å². The molecule has 1 saturated heterocycles. The number of sulfonamides is 1. The highest BCUT2D eigenvalue weighted by molar-refractivity contribution is 7.89. The van der Waals surface area contributed by atoms with E-state index < -0.39 is 10.0 Å². The highest BCUT2D eigenvalue weighted by Crippen LogP contribution is 2.24. The van der Waals surface area contributed by atoms with Crippen LogP contribution in [0.1, 0.15) is 49.5 Å². The molecule has 6 nitrogen and oxygen atoms in total. The van der Waals surface area contributed by atoms with Gasteiger partial charge in [0.15, 0.2) is 0 Å². The van der Waals surface area contributed by atoms with E-state index in [0.29, 0.717) is 31.1 Å². The van der Waals surface area contributed by atoms with Gasteiger partial charge in [-0.05, 0) is 68.5 Å². The van der Waals surface area contributed by atoms with E-state index in [-0.39, 0.29) is 16.9 Å². The Labute approximate surface area is 179 Å². The van der Waals surface area contributed by atoms with Crippen LogP contribution in [0.15, 0.2) is 53.4 Å². The minimum absolute atomic E-state index is 0.104. The van der Waals surface area contributed by atoms with Crippen LogP contribution in [0.2, 0.25) is 0 Å². The molecule has 0 aromatic heterocycles. The molecule has 2 aromatic carbocycles. The standard InChI is InChI=1S/C23H30N2O4S/c1-17(2)29-21-9-7-19(8-10-21)16-24-23(26)20-5-4-6-22(15-20)30(27,28)25-13-11-18(3)12-14-25/h4-10,15,17-18H,11-14,16H2,1-3H3,(H,24,26). The zero-order valence-electron chi connectivity index (χ0n) is 17.8. The molecule has 3 rings (SSSR count). The Bertz CT molecular complexity index is 963. The molecule has 0 bridgehead atoms. The second-order valence-electron chi connectivity index (χ2n) is 8.11. The van der Waals surface area contributed by atoms with E-state index in [1.54, 1.807) is 18.2 Å². The summed E-state index contributed by atoms with van der Waals surface area (Å²) < 4.78 is 33.0. The fraction of sp³-hybridized carbons (Fsp3) is 0.435. The molecule has 0 unspecified atom stereocenters. The van der Waals surface area contributed by atoms with Crippen molar-refractivity contribution in [1.82, 2.24) is 9.62 Å². The fourth-order valence-electron chi connectivity index (χ4n) is 3.41. The minimum Gasteiger partial charge on any atom is -0.491 e. The molecule has 1 heterocycles.